The highest BCUT2D eigenvalue weighted by Crippen LogP contribution is 2.29. The topological polar surface area (TPSA) is 63.3 Å². The van der Waals surface area contributed by atoms with Crippen molar-refractivity contribution in [3.05, 3.63) is 52.8 Å². The van der Waals surface area contributed by atoms with Gasteiger partial charge in [0.1, 0.15) is 0 Å². The van der Waals surface area contributed by atoms with Crippen molar-refractivity contribution in [2.24, 2.45) is 0 Å². The Morgan fingerprint density at radius 1 is 1.26 bits per heavy atom. The second kappa shape index (κ2) is 9.65. The summed E-state index contributed by atoms with van der Waals surface area (Å²) < 4.78 is 13.5. The van der Waals surface area contributed by atoms with Crippen LogP contribution in [0.3, 0.4) is 0 Å². The minimum Gasteiger partial charge on any atom is -0.379 e. The maximum absolute atomic E-state index is 8.61. The molecule has 1 unspecified atom stereocenters. The molecule has 0 saturated carbocycles. The summed E-state index contributed by atoms with van der Waals surface area (Å²) in [5.74, 6) is 0. The van der Waals surface area contributed by atoms with E-state index < -0.39 is 0 Å². The predicted octanol–water partition coefficient (Wildman–Crippen LogP) is 2.85. The zero-order valence-electron chi connectivity index (χ0n) is 16.2. The molecule has 1 aromatic carbocycles. The van der Waals surface area contributed by atoms with Gasteiger partial charge in [0, 0.05) is 24.3 Å². The van der Waals surface area contributed by atoms with Crippen LogP contribution >= 0.6 is 0 Å². The van der Waals surface area contributed by atoms with Crippen LogP contribution in [0.25, 0.3) is 0 Å². The molecule has 1 fully saturated rings. The number of ether oxygens (including phenoxy) is 2. The van der Waals surface area contributed by atoms with Crippen LogP contribution in [0.4, 0.5) is 0 Å². The number of aromatic nitrogens is 2. The summed E-state index contributed by atoms with van der Waals surface area (Å²) in [4.78, 5) is 2.42. The molecule has 0 radical (unpaired) electrons. The van der Waals surface area contributed by atoms with E-state index in [-0.39, 0.29) is 6.04 Å². The van der Waals surface area contributed by atoms with E-state index >= 15 is 0 Å². The number of hydrogen-bond acceptors (Lipinski definition) is 5. The molecule has 6 nitrogen and oxygen atoms in total. The smallest absolute Gasteiger partial charge is 0.0665 e. The van der Waals surface area contributed by atoms with Gasteiger partial charge in [0.05, 0.1) is 57.2 Å². The lowest BCUT2D eigenvalue weighted by Crippen LogP contribution is -2.41. The first kappa shape index (κ1) is 19.6. The first-order chi connectivity index (χ1) is 13.2. The van der Waals surface area contributed by atoms with Crippen molar-refractivity contribution < 1.29 is 9.47 Å². The highest BCUT2D eigenvalue weighted by atomic mass is 16.5. The van der Waals surface area contributed by atoms with E-state index in [2.05, 4.69) is 53.8 Å². The first-order valence-electron chi connectivity index (χ1n) is 9.55. The SMILES string of the molecule is Cc1nn(Cc2ccccc2)c(C)c1C1COCCN1CCOCCC#N. The van der Waals surface area contributed by atoms with E-state index in [0.717, 1.165) is 31.9 Å². The molecule has 0 spiro atoms. The molecular formula is C21H28N4O2. The van der Waals surface area contributed by atoms with Gasteiger partial charge in [0.2, 0.25) is 0 Å². The molecule has 2 aromatic rings. The molecular weight excluding hydrogens is 340 g/mol. The summed E-state index contributed by atoms with van der Waals surface area (Å²) in [6.45, 7) is 9.28. The largest absolute Gasteiger partial charge is 0.379 e. The molecule has 27 heavy (non-hydrogen) atoms. The van der Waals surface area contributed by atoms with Gasteiger partial charge in [0.25, 0.3) is 0 Å². The number of morpholine rings is 1. The van der Waals surface area contributed by atoms with E-state index in [9.17, 15) is 0 Å². The fourth-order valence-electron chi connectivity index (χ4n) is 3.68. The summed E-state index contributed by atoms with van der Waals surface area (Å²) in [6.07, 6.45) is 0.441. The Morgan fingerprint density at radius 2 is 2.07 bits per heavy atom. The van der Waals surface area contributed by atoms with Crippen molar-refractivity contribution in [1.82, 2.24) is 14.7 Å². The van der Waals surface area contributed by atoms with E-state index in [1.807, 2.05) is 6.07 Å². The lowest BCUT2D eigenvalue weighted by Gasteiger charge is -2.35. The standard InChI is InChI=1S/C21H28N4O2/c1-17-21(18(2)25(23-17)15-19-7-4-3-5-8-19)20-16-27-14-11-24(20)10-13-26-12-6-9-22/h3-5,7-8,20H,6,10-16H2,1-2H3. The average Bonchev–Trinajstić information content (AvgIpc) is 2.96. The molecule has 0 amide bonds. The van der Waals surface area contributed by atoms with Crippen molar-refractivity contribution in [3.8, 4) is 6.07 Å². The Morgan fingerprint density at radius 3 is 2.85 bits per heavy atom. The monoisotopic (exact) mass is 368 g/mol. The molecule has 1 aromatic heterocycles. The summed E-state index contributed by atoms with van der Waals surface area (Å²) in [5, 5.41) is 13.4. The van der Waals surface area contributed by atoms with E-state index in [1.165, 1.54) is 16.8 Å². The van der Waals surface area contributed by atoms with Crippen LogP contribution in [0.15, 0.2) is 30.3 Å². The number of rotatable bonds is 8. The zero-order chi connectivity index (χ0) is 19.1. The van der Waals surface area contributed by atoms with Gasteiger partial charge >= 0.3 is 0 Å². The molecule has 2 heterocycles. The Labute approximate surface area is 161 Å². The van der Waals surface area contributed by atoms with Crippen LogP contribution < -0.4 is 0 Å². The molecule has 0 N–H and O–H groups in total. The number of benzene rings is 1. The molecule has 144 valence electrons. The summed E-state index contributed by atoms with van der Waals surface area (Å²) in [6, 6.07) is 12.7. The van der Waals surface area contributed by atoms with Crippen molar-refractivity contribution in [1.29, 1.82) is 5.26 Å². The van der Waals surface area contributed by atoms with Gasteiger partial charge in [-0.1, -0.05) is 30.3 Å². The summed E-state index contributed by atoms with van der Waals surface area (Å²) in [5.41, 5.74) is 4.77. The highest BCUT2D eigenvalue weighted by molar-refractivity contribution is 5.30. The van der Waals surface area contributed by atoms with Gasteiger partial charge in [-0.15, -0.1) is 0 Å². The lowest BCUT2D eigenvalue weighted by atomic mass is 10.0. The summed E-state index contributed by atoms with van der Waals surface area (Å²) in [7, 11) is 0. The third-order valence-corrected chi connectivity index (χ3v) is 5.07. The molecule has 1 saturated heterocycles. The van der Waals surface area contributed by atoms with Gasteiger partial charge < -0.3 is 9.47 Å². The molecule has 1 aliphatic rings. The third kappa shape index (κ3) is 4.95. The van der Waals surface area contributed by atoms with Crippen molar-refractivity contribution in [2.45, 2.75) is 32.9 Å². The molecule has 1 aliphatic heterocycles. The first-order valence-corrected chi connectivity index (χ1v) is 9.55. The fraction of sp³-hybridized carbons (Fsp3) is 0.524. The van der Waals surface area contributed by atoms with Crippen LogP contribution in [0, 0.1) is 25.2 Å². The van der Waals surface area contributed by atoms with E-state index in [0.29, 0.717) is 26.2 Å². The lowest BCUT2D eigenvalue weighted by molar-refractivity contribution is -0.0214. The Bertz CT molecular complexity index is 766. The Hall–Kier alpha value is -2.20. The predicted molar refractivity (Wildman–Crippen MR) is 103 cm³/mol. The number of aryl methyl sites for hydroxylation is 1. The van der Waals surface area contributed by atoms with E-state index in [1.54, 1.807) is 0 Å². The molecule has 0 bridgehead atoms. The van der Waals surface area contributed by atoms with Gasteiger partial charge in [-0.2, -0.15) is 10.4 Å². The van der Waals surface area contributed by atoms with Gasteiger partial charge in [-0.05, 0) is 19.4 Å². The zero-order valence-corrected chi connectivity index (χ0v) is 16.2. The number of nitriles is 1. The summed E-state index contributed by atoms with van der Waals surface area (Å²) >= 11 is 0. The van der Waals surface area contributed by atoms with E-state index in [4.69, 9.17) is 19.8 Å². The average molecular weight is 368 g/mol. The van der Waals surface area contributed by atoms with Crippen molar-refractivity contribution in [3.63, 3.8) is 0 Å². The van der Waals surface area contributed by atoms with Crippen LogP contribution in [0.5, 0.6) is 0 Å². The third-order valence-electron chi connectivity index (χ3n) is 5.07. The second-order valence-corrected chi connectivity index (χ2v) is 6.87. The van der Waals surface area contributed by atoms with Crippen molar-refractivity contribution in [2.75, 3.05) is 39.5 Å². The normalized spacial score (nSPS) is 17.7. The van der Waals surface area contributed by atoms with Crippen LogP contribution in [0.2, 0.25) is 0 Å². The van der Waals surface area contributed by atoms with Gasteiger partial charge in [0.15, 0.2) is 0 Å². The molecule has 6 heteroatoms. The minimum absolute atomic E-state index is 0.197. The van der Waals surface area contributed by atoms with Crippen LogP contribution in [-0.2, 0) is 16.0 Å². The fourth-order valence-corrected chi connectivity index (χ4v) is 3.68. The van der Waals surface area contributed by atoms with Gasteiger partial charge in [-0.25, -0.2) is 0 Å². The Kier molecular flexibility index (Phi) is 6.99. The van der Waals surface area contributed by atoms with Crippen LogP contribution in [-0.4, -0.2) is 54.2 Å². The van der Waals surface area contributed by atoms with Crippen molar-refractivity contribution >= 4 is 0 Å². The minimum atomic E-state index is 0.197. The number of hydrogen-bond donors (Lipinski definition) is 0. The quantitative estimate of drug-likeness (QED) is 0.671. The highest BCUT2D eigenvalue weighted by Gasteiger charge is 2.29. The maximum Gasteiger partial charge on any atom is 0.0665 e. The maximum atomic E-state index is 8.61. The number of nitrogens with zero attached hydrogens (tertiary/aromatic N) is 4. The molecule has 3 rings (SSSR count). The molecule has 1 atom stereocenters. The Balaban J connectivity index is 1.72. The second-order valence-electron chi connectivity index (χ2n) is 6.87. The van der Waals surface area contributed by atoms with Crippen LogP contribution in [0.1, 0.15) is 35.0 Å². The van der Waals surface area contributed by atoms with Gasteiger partial charge in [-0.3, -0.25) is 9.58 Å². The molecule has 0 aliphatic carbocycles.